The van der Waals surface area contributed by atoms with E-state index in [1.807, 2.05) is 31.2 Å². The fourth-order valence-corrected chi connectivity index (χ4v) is 2.45. The Morgan fingerprint density at radius 2 is 2.13 bits per heavy atom. The molecule has 0 fully saturated rings. The van der Waals surface area contributed by atoms with Crippen molar-refractivity contribution in [3.05, 3.63) is 53.6 Å². The lowest BCUT2D eigenvalue weighted by atomic mass is 10.1. The van der Waals surface area contributed by atoms with Gasteiger partial charge in [0, 0.05) is 10.9 Å². The average Bonchev–Trinajstić information content (AvgIpc) is 2.95. The van der Waals surface area contributed by atoms with E-state index < -0.39 is 0 Å². The van der Waals surface area contributed by atoms with Gasteiger partial charge in [-0.15, -0.1) is 0 Å². The summed E-state index contributed by atoms with van der Waals surface area (Å²) in [6, 6.07) is 12.8. The number of H-pyrrole nitrogens is 1. The van der Waals surface area contributed by atoms with Gasteiger partial charge in [-0.1, -0.05) is 12.1 Å². The summed E-state index contributed by atoms with van der Waals surface area (Å²) in [6.07, 6.45) is 0. The van der Waals surface area contributed by atoms with Crippen molar-refractivity contribution in [1.29, 1.82) is 0 Å². The van der Waals surface area contributed by atoms with Crippen LogP contribution in [0, 0.1) is 0 Å². The summed E-state index contributed by atoms with van der Waals surface area (Å²) in [5.74, 6) is 0.981. The topological polar surface area (TPSA) is 93.0 Å². The van der Waals surface area contributed by atoms with E-state index in [9.17, 15) is 4.79 Å². The first-order chi connectivity index (χ1) is 11.1. The number of carbonyl (C=O) groups excluding carboxylic acids is 1. The van der Waals surface area contributed by atoms with Crippen molar-refractivity contribution >= 4 is 22.6 Å². The molecule has 118 valence electrons. The summed E-state index contributed by atoms with van der Waals surface area (Å²) in [6.45, 7) is 1.93. The SMILES string of the molecule is COc1cccc([C@H](C)NC(=O)c2ccc3[nH]nc(N)c3c2)c1. The Morgan fingerprint density at radius 1 is 1.30 bits per heavy atom. The fraction of sp³-hybridized carbons (Fsp3) is 0.176. The smallest absolute Gasteiger partial charge is 0.251 e. The Balaban J connectivity index is 1.80. The molecule has 0 unspecified atom stereocenters. The first-order valence-electron chi connectivity index (χ1n) is 7.27. The van der Waals surface area contributed by atoms with E-state index >= 15 is 0 Å². The van der Waals surface area contributed by atoms with E-state index in [-0.39, 0.29) is 11.9 Å². The van der Waals surface area contributed by atoms with Crippen LogP contribution in [0.4, 0.5) is 5.82 Å². The minimum absolute atomic E-state index is 0.144. The maximum absolute atomic E-state index is 12.4. The third-order valence-electron chi connectivity index (χ3n) is 3.80. The minimum atomic E-state index is -0.164. The van der Waals surface area contributed by atoms with Crippen LogP contribution < -0.4 is 15.8 Å². The Kier molecular flexibility index (Phi) is 3.89. The number of rotatable bonds is 4. The van der Waals surface area contributed by atoms with Gasteiger partial charge in [-0.05, 0) is 42.8 Å². The number of nitrogen functional groups attached to an aromatic ring is 1. The van der Waals surface area contributed by atoms with Crippen LogP contribution in [-0.4, -0.2) is 23.2 Å². The molecule has 1 atom stereocenters. The molecule has 6 heteroatoms. The lowest BCUT2D eigenvalue weighted by molar-refractivity contribution is 0.0940. The molecule has 3 rings (SSSR count). The van der Waals surface area contributed by atoms with Crippen LogP contribution in [0.15, 0.2) is 42.5 Å². The second-order valence-corrected chi connectivity index (χ2v) is 5.34. The standard InChI is InChI=1S/C17H18N4O2/c1-10(11-4-3-5-13(8-11)23-2)19-17(22)12-6-7-15-14(9-12)16(18)21-20-15/h3-10H,1-2H3,(H,19,22)(H3,18,20,21)/t10-/m0/s1. The number of amides is 1. The van der Waals surface area contributed by atoms with Gasteiger partial charge in [0.15, 0.2) is 5.82 Å². The molecule has 0 saturated heterocycles. The van der Waals surface area contributed by atoms with Gasteiger partial charge >= 0.3 is 0 Å². The number of fused-ring (bicyclic) bond motifs is 1. The molecule has 0 bridgehead atoms. The van der Waals surface area contributed by atoms with Gasteiger partial charge in [0.1, 0.15) is 5.75 Å². The molecule has 6 nitrogen and oxygen atoms in total. The Morgan fingerprint density at radius 3 is 2.91 bits per heavy atom. The zero-order valence-corrected chi connectivity index (χ0v) is 13.0. The van der Waals surface area contributed by atoms with Crippen LogP contribution in [0.2, 0.25) is 0 Å². The minimum Gasteiger partial charge on any atom is -0.497 e. The van der Waals surface area contributed by atoms with E-state index in [0.29, 0.717) is 11.4 Å². The molecule has 1 heterocycles. The van der Waals surface area contributed by atoms with E-state index in [1.54, 1.807) is 25.3 Å². The van der Waals surface area contributed by atoms with Crippen LogP contribution in [0.25, 0.3) is 10.9 Å². The monoisotopic (exact) mass is 310 g/mol. The second kappa shape index (κ2) is 6.00. The molecule has 0 saturated carbocycles. The maximum Gasteiger partial charge on any atom is 0.251 e. The molecular weight excluding hydrogens is 292 g/mol. The van der Waals surface area contributed by atoms with E-state index in [2.05, 4.69) is 15.5 Å². The number of methoxy groups -OCH3 is 1. The highest BCUT2D eigenvalue weighted by atomic mass is 16.5. The Hall–Kier alpha value is -3.02. The van der Waals surface area contributed by atoms with Crippen LogP contribution in [0.1, 0.15) is 28.9 Å². The van der Waals surface area contributed by atoms with Gasteiger partial charge in [-0.3, -0.25) is 9.89 Å². The third-order valence-corrected chi connectivity index (χ3v) is 3.80. The molecule has 3 aromatic rings. The molecule has 0 radical (unpaired) electrons. The van der Waals surface area contributed by atoms with Crippen LogP contribution in [-0.2, 0) is 0 Å². The first kappa shape index (κ1) is 14.9. The Labute approximate surface area is 133 Å². The fourth-order valence-electron chi connectivity index (χ4n) is 2.45. The van der Waals surface area contributed by atoms with Crippen molar-refractivity contribution in [2.75, 3.05) is 12.8 Å². The second-order valence-electron chi connectivity index (χ2n) is 5.34. The van der Waals surface area contributed by atoms with Crippen molar-refractivity contribution in [3.63, 3.8) is 0 Å². The van der Waals surface area contributed by atoms with E-state index in [4.69, 9.17) is 10.5 Å². The highest BCUT2D eigenvalue weighted by Gasteiger charge is 2.13. The summed E-state index contributed by atoms with van der Waals surface area (Å²) in [5.41, 5.74) is 8.10. The number of hydrogen-bond donors (Lipinski definition) is 3. The number of benzene rings is 2. The van der Waals surface area contributed by atoms with Gasteiger partial charge in [-0.25, -0.2) is 0 Å². The number of nitrogens with zero attached hydrogens (tertiary/aromatic N) is 1. The molecule has 0 aliphatic heterocycles. The van der Waals surface area contributed by atoms with Crippen molar-refractivity contribution in [2.45, 2.75) is 13.0 Å². The maximum atomic E-state index is 12.4. The van der Waals surface area contributed by atoms with Crippen LogP contribution in [0.5, 0.6) is 5.75 Å². The molecule has 23 heavy (non-hydrogen) atoms. The van der Waals surface area contributed by atoms with Gasteiger partial charge in [0.2, 0.25) is 0 Å². The van der Waals surface area contributed by atoms with E-state index in [1.165, 1.54) is 0 Å². The number of aromatic amines is 1. The molecule has 1 aromatic heterocycles. The van der Waals surface area contributed by atoms with Crippen molar-refractivity contribution in [2.24, 2.45) is 0 Å². The number of aromatic nitrogens is 2. The highest BCUT2D eigenvalue weighted by Crippen LogP contribution is 2.21. The molecule has 0 spiro atoms. The summed E-state index contributed by atoms with van der Waals surface area (Å²) >= 11 is 0. The summed E-state index contributed by atoms with van der Waals surface area (Å²) in [7, 11) is 1.62. The van der Waals surface area contributed by atoms with Crippen molar-refractivity contribution in [3.8, 4) is 5.75 Å². The average molecular weight is 310 g/mol. The number of nitrogens with one attached hydrogen (secondary N) is 2. The molecule has 0 aliphatic rings. The van der Waals surface area contributed by atoms with Gasteiger partial charge in [0.25, 0.3) is 5.91 Å². The van der Waals surface area contributed by atoms with E-state index in [0.717, 1.165) is 22.2 Å². The zero-order valence-electron chi connectivity index (χ0n) is 13.0. The largest absolute Gasteiger partial charge is 0.497 e. The molecule has 1 amide bonds. The lowest BCUT2D eigenvalue weighted by Gasteiger charge is -2.15. The summed E-state index contributed by atoms with van der Waals surface area (Å²) in [5, 5.41) is 10.5. The lowest BCUT2D eigenvalue weighted by Crippen LogP contribution is -2.26. The van der Waals surface area contributed by atoms with Gasteiger partial charge in [-0.2, -0.15) is 5.10 Å². The molecule has 2 aromatic carbocycles. The Bertz CT molecular complexity index is 857. The van der Waals surface area contributed by atoms with Gasteiger partial charge in [0.05, 0.1) is 18.7 Å². The van der Waals surface area contributed by atoms with Crippen molar-refractivity contribution in [1.82, 2.24) is 15.5 Å². The summed E-state index contributed by atoms with van der Waals surface area (Å²) < 4.78 is 5.21. The quantitative estimate of drug-likeness (QED) is 0.690. The van der Waals surface area contributed by atoms with Crippen LogP contribution >= 0.6 is 0 Å². The number of anilines is 1. The summed E-state index contributed by atoms with van der Waals surface area (Å²) in [4.78, 5) is 12.4. The predicted molar refractivity (Wildman–Crippen MR) is 89.4 cm³/mol. The number of carbonyl (C=O) groups is 1. The number of ether oxygens (including phenoxy) is 1. The van der Waals surface area contributed by atoms with Crippen LogP contribution in [0.3, 0.4) is 0 Å². The predicted octanol–water partition coefficient (Wildman–Crippen LogP) is 2.64. The molecule has 0 aliphatic carbocycles. The number of hydrogen-bond acceptors (Lipinski definition) is 4. The molecule has 4 N–H and O–H groups in total. The highest BCUT2D eigenvalue weighted by molar-refractivity contribution is 6.00. The zero-order chi connectivity index (χ0) is 16.4. The van der Waals surface area contributed by atoms with Gasteiger partial charge < -0.3 is 15.8 Å². The first-order valence-corrected chi connectivity index (χ1v) is 7.27. The molecular formula is C17H18N4O2. The normalized spacial score (nSPS) is 12.1. The third kappa shape index (κ3) is 2.96. The number of nitrogens with two attached hydrogens (primary N) is 1. The van der Waals surface area contributed by atoms with Crippen molar-refractivity contribution < 1.29 is 9.53 Å².